The van der Waals surface area contributed by atoms with E-state index in [9.17, 15) is 0 Å². The number of nitrogens with one attached hydrogen (secondary N) is 2. The van der Waals surface area contributed by atoms with Crippen LogP contribution in [0.25, 0.3) is 0 Å². The van der Waals surface area contributed by atoms with Gasteiger partial charge in [0.05, 0.1) is 6.54 Å². The molecule has 78 valence electrons. The van der Waals surface area contributed by atoms with Crippen molar-refractivity contribution in [1.29, 1.82) is 0 Å². The predicted octanol–water partition coefficient (Wildman–Crippen LogP) is 2.43. The van der Waals surface area contributed by atoms with Gasteiger partial charge in [-0.3, -0.25) is 0 Å². The van der Waals surface area contributed by atoms with E-state index in [2.05, 4.69) is 42.9 Å². The lowest BCUT2D eigenvalue weighted by atomic mass is 10.3. The fraction of sp³-hybridized carbons (Fsp3) is 0.500. The zero-order valence-corrected chi connectivity index (χ0v) is 10.4. The highest BCUT2D eigenvalue weighted by atomic mass is 32.1. The standard InChI is InChI=1S/C10H16N2S2/c1-7(2)12-10(13)11-6-9-8(3)4-5-14-9/h4-5,7H,6H2,1-3H3,(H2,11,12,13). The summed E-state index contributed by atoms with van der Waals surface area (Å²) < 4.78 is 0. The largest absolute Gasteiger partial charge is 0.361 e. The van der Waals surface area contributed by atoms with E-state index >= 15 is 0 Å². The molecule has 14 heavy (non-hydrogen) atoms. The minimum atomic E-state index is 0.388. The van der Waals surface area contributed by atoms with Crippen molar-refractivity contribution >= 4 is 28.7 Å². The van der Waals surface area contributed by atoms with Crippen LogP contribution in [0.3, 0.4) is 0 Å². The number of thiocarbonyl (C=S) groups is 1. The molecule has 1 rings (SSSR count). The molecule has 0 saturated heterocycles. The Labute approximate surface area is 94.7 Å². The van der Waals surface area contributed by atoms with E-state index in [-0.39, 0.29) is 0 Å². The molecular formula is C10H16N2S2. The van der Waals surface area contributed by atoms with E-state index in [1.807, 2.05) is 0 Å². The molecule has 2 nitrogen and oxygen atoms in total. The minimum absolute atomic E-state index is 0.388. The van der Waals surface area contributed by atoms with Crippen LogP contribution in [0.1, 0.15) is 24.3 Å². The fourth-order valence-corrected chi connectivity index (χ4v) is 2.21. The van der Waals surface area contributed by atoms with Gasteiger partial charge >= 0.3 is 0 Å². The Balaban J connectivity index is 2.34. The summed E-state index contributed by atoms with van der Waals surface area (Å²) in [5, 5.41) is 9.17. The number of hydrogen-bond acceptors (Lipinski definition) is 2. The zero-order chi connectivity index (χ0) is 10.6. The van der Waals surface area contributed by atoms with E-state index in [0.29, 0.717) is 6.04 Å². The third-order valence-corrected chi connectivity index (χ3v) is 3.08. The van der Waals surface area contributed by atoms with E-state index in [1.54, 1.807) is 11.3 Å². The number of aryl methyl sites for hydroxylation is 1. The third-order valence-electron chi connectivity index (χ3n) is 1.80. The molecule has 1 aromatic heterocycles. The average molecular weight is 228 g/mol. The Hall–Kier alpha value is -0.610. The maximum atomic E-state index is 5.13. The summed E-state index contributed by atoms with van der Waals surface area (Å²) in [6.45, 7) is 7.09. The summed E-state index contributed by atoms with van der Waals surface area (Å²) in [4.78, 5) is 1.35. The van der Waals surface area contributed by atoms with Gasteiger partial charge in [0.1, 0.15) is 0 Å². The second kappa shape index (κ2) is 5.32. The molecule has 1 heterocycles. The molecule has 4 heteroatoms. The van der Waals surface area contributed by atoms with Gasteiger partial charge in [-0.1, -0.05) is 0 Å². The van der Waals surface area contributed by atoms with Crippen LogP contribution < -0.4 is 10.6 Å². The van der Waals surface area contributed by atoms with Gasteiger partial charge in [0.25, 0.3) is 0 Å². The van der Waals surface area contributed by atoms with Crippen LogP contribution in [-0.4, -0.2) is 11.2 Å². The maximum absolute atomic E-state index is 5.13. The monoisotopic (exact) mass is 228 g/mol. The Morgan fingerprint density at radius 2 is 2.29 bits per heavy atom. The number of thiophene rings is 1. The van der Waals surface area contributed by atoms with Crippen molar-refractivity contribution in [1.82, 2.24) is 10.6 Å². The summed E-state index contributed by atoms with van der Waals surface area (Å²) in [5.74, 6) is 0. The van der Waals surface area contributed by atoms with Gasteiger partial charge in [-0.15, -0.1) is 11.3 Å². The van der Waals surface area contributed by atoms with E-state index in [1.165, 1.54) is 10.4 Å². The summed E-state index contributed by atoms with van der Waals surface area (Å²) in [6, 6.07) is 2.51. The molecule has 1 aromatic rings. The zero-order valence-electron chi connectivity index (χ0n) is 8.76. The highest BCUT2D eigenvalue weighted by Crippen LogP contribution is 2.14. The summed E-state index contributed by atoms with van der Waals surface area (Å²) in [6.07, 6.45) is 0. The van der Waals surface area contributed by atoms with Gasteiger partial charge in [-0.25, -0.2) is 0 Å². The molecule has 0 aliphatic heterocycles. The summed E-state index contributed by atoms with van der Waals surface area (Å²) in [5.41, 5.74) is 1.33. The van der Waals surface area contributed by atoms with Crippen molar-refractivity contribution in [2.24, 2.45) is 0 Å². The first kappa shape index (κ1) is 11.5. The Morgan fingerprint density at radius 3 is 2.79 bits per heavy atom. The van der Waals surface area contributed by atoms with Crippen LogP contribution in [0.4, 0.5) is 0 Å². The molecule has 0 bridgehead atoms. The van der Waals surface area contributed by atoms with Crippen LogP contribution >= 0.6 is 23.6 Å². The first-order valence-electron chi connectivity index (χ1n) is 4.67. The quantitative estimate of drug-likeness (QED) is 0.777. The molecular weight excluding hydrogens is 212 g/mol. The molecule has 0 saturated carbocycles. The highest BCUT2D eigenvalue weighted by Gasteiger charge is 2.01. The minimum Gasteiger partial charge on any atom is -0.361 e. The highest BCUT2D eigenvalue weighted by molar-refractivity contribution is 7.80. The summed E-state index contributed by atoms with van der Waals surface area (Å²) >= 11 is 6.89. The molecule has 0 aliphatic rings. The maximum Gasteiger partial charge on any atom is 0.166 e. The molecule has 0 radical (unpaired) electrons. The van der Waals surface area contributed by atoms with Gasteiger partial charge < -0.3 is 10.6 Å². The smallest absolute Gasteiger partial charge is 0.166 e. The van der Waals surface area contributed by atoms with Crippen LogP contribution in [0.5, 0.6) is 0 Å². The van der Waals surface area contributed by atoms with Crippen LogP contribution in [0.15, 0.2) is 11.4 Å². The first-order chi connectivity index (χ1) is 6.59. The van der Waals surface area contributed by atoms with Gasteiger partial charge in [-0.05, 0) is 50.0 Å². The van der Waals surface area contributed by atoms with Gasteiger partial charge in [0.2, 0.25) is 0 Å². The lowest BCUT2D eigenvalue weighted by molar-refractivity contribution is 0.713. The number of rotatable bonds is 3. The van der Waals surface area contributed by atoms with Crippen molar-refractivity contribution in [3.63, 3.8) is 0 Å². The van der Waals surface area contributed by atoms with Crippen molar-refractivity contribution < 1.29 is 0 Å². The van der Waals surface area contributed by atoms with Crippen molar-refractivity contribution in [2.45, 2.75) is 33.4 Å². The molecule has 0 fully saturated rings. The predicted molar refractivity (Wildman–Crippen MR) is 66.8 cm³/mol. The SMILES string of the molecule is Cc1ccsc1CNC(=S)NC(C)C. The van der Waals surface area contributed by atoms with E-state index < -0.39 is 0 Å². The molecule has 0 atom stereocenters. The van der Waals surface area contributed by atoms with Crippen molar-refractivity contribution in [3.05, 3.63) is 21.9 Å². The Bertz CT molecular complexity index is 305. The first-order valence-corrected chi connectivity index (χ1v) is 5.95. The normalized spacial score (nSPS) is 10.3. The Kier molecular flexibility index (Phi) is 4.35. The van der Waals surface area contributed by atoms with E-state index in [0.717, 1.165) is 11.7 Å². The lowest BCUT2D eigenvalue weighted by Gasteiger charge is -2.12. The van der Waals surface area contributed by atoms with Crippen molar-refractivity contribution in [3.8, 4) is 0 Å². The van der Waals surface area contributed by atoms with E-state index in [4.69, 9.17) is 12.2 Å². The summed E-state index contributed by atoms with van der Waals surface area (Å²) in [7, 11) is 0. The van der Waals surface area contributed by atoms with Gasteiger partial charge in [0, 0.05) is 10.9 Å². The molecule has 2 N–H and O–H groups in total. The molecule has 0 spiro atoms. The number of hydrogen-bond donors (Lipinski definition) is 2. The average Bonchev–Trinajstić information content (AvgIpc) is 2.46. The third kappa shape index (κ3) is 3.64. The topological polar surface area (TPSA) is 24.1 Å². The van der Waals surface area contributed by atoms with Crippen molar-refractivity contribution in [2.75, 3.05) is 0 Å². The lowest BCUT2D eigenvalue weighted by Crippen LogP contribution is -2.38. The van der Waals surface area contributed by atoms with Crippen LogP contribution in [0.2, 0.25) is 0 Å². The van der Waals surface area contributed by atoms with Crippen LogP contribution in [0, 0.1) is 6.92 Å². The molecule has 0 amide bonds. The van der Waals surface area contributed by atoms with Gasteiger partial charge in [-0.2, -0.15) is 0 Å². The van der Waals surface area contributed by atoms with Gasteiger partial charge in [0.15, 0.2) is 5.11 Å². The Morgan fingerprint density at radius 1 is 1.57 bits per heavy atom. The molecule has 0 unspecified atom stereocenters. The second-order valence-corrected chi connectivity index (χ2v) is 4.92. The molecule has 0 aromatic carbocycles. The molecule has 0 aliphatic carbocycles. The second-order valence-electron chi connectivity index (χ2n) is 3.51. The van der Waals surface area contributed by atoms with Crippen LogP contribution in [-0.2, 0) is 6.54 Å². The fourth-order valence-electron chi connectivity index (χ4n) is 1.06.